The second kappa shape index (κ2) is 5.00. The van der Waals surface area contributed by atoms with Gasteiger partial charge in [-0.05, 0) is 18.1 Å². The standard InChI is InChI=1S/C13H13NO4/c15-11(3-4-12(16)17)9-2-1-8-5-6-14-13(18)10(8)7-9/h1-2,7H,3-6H2,(H,14,18)(H,16,17). The van der Waals surface area contributed by atoms with Crippen LogP contribution in [0.1, 0.15) is 39.1 Å². The molecule has 5 nitrogen and oxygen atoms in total. The number of hydrogen-bond donors (Lipinski definition) is 2. The summed E-state index contributed by atoms with van der Waals surface area (Å²) in [4.78, 5) is 33.8. The molecule has 0 aromatic heterocycles. The molecule has 1 aromatic rings. The van der Waals surface area contributed by atoms with Crippen molar-refractivity contribution in [3.63, 3.8) is 0 Å². The number of hydrogen-bond acceptors (Lipinski definition) is 3. The summed E-state index contributed by atoms with van der Waals surface area (Å²) in [6, 6.07) is 4.97. The highest BCUT2D eigenvalue weighted by atomic mass is 16.4. The van der Waals surface area contributed by atoms with E-state index < -0.39 is 5.97 Å². The second-order valence-corrected chi connectivity index (χ2v) is 4.19. The van der Waals surface area contributed by atoms with Gasteiger partial charge in [0.25, 0.3) is 5.91 Å². The minimum Gasteiger partial charge on any atom is -0.481 e. The zero-order valence-electron chi connectivity index (χ0n) is 9.73. The molecule has 18 heavy (non-hydrogen) atoms. The third kappa shape index (κ3) is 2.56. The van der Waals surface area contributed by atoms with Crippen molar-refractivity contribution < 1.29 is 19.5 Å². The van der Waals surface area contributed by atoms with Gasteiger partial charge in [0, 0.05) is 24.1 Å². The fraction of sp³-hybridized carbons (Fsp3) is 0.308. The Hall–Kier alpha value is -2.17. The van der Waals surface area contributed by atoms with Crippen LogP contribution in [-0.4, -0.2) is 29.3 Å². The Labute approximate surface area is 104 Å². The molecule has 0 atom stereocenters. The van der Waals surface area contributed by atoms with Gasteiger partial charge in [0.05, 0.1) is 6.42 Å². The lowest BCUT2D eigenvalue weighted by Crippen LogP contribution is -2.32. The van der Waals surface area contributed by atoms with Gasteiger partial charge >= 0.3 is 5.97 Å². The number of carboxylic acid groups (broad SMARTS) is 1. The van der Waals surface area contributed by atoms with Crippen LogP contribution in [0.2, 0.25) is 0 Å². The maximum atomic E-state index is 11.7. The maximum absolute atomic E-state index is 11.7. The lowest BCUT2D eigenvalue weighted by molar-refractivity contribution is -0.136. The van der Waals surface area contributed by atoms with Crippen molar-refractivity contribution in [2.45, 2.75) is 19.3 Å². The highest BCUT2D eigenvalue weighted by Gasteiger charge is 2.18. The van der Waals surface area contributed by atoms with Crippen molar-refractivity contribution in [2.75, 3.05) is 6.54 Å². The number of aliphatic carboxylic acids is 1. The first-order valence-electron chi connectivity index (χ1n) is 5.74. The summed E-state index contributed by atoms with van der Waals surface area (Å²) in [5, 5.41) is 11.2. The third-order valence-corrected chi connectivity index (χ3v) is 2.92. The minimum atomic E-state index is -1.00. The Kier molecular flexibility index (Phi) is 3.41. The van der Waals surface area contributed by atoms with E-state index in [1.165, 1.54) is 0 Å². The van der Waals surface area contributed by atoms with Crippen molar-refractivity contribution in [1.82, 2.24) is 5.32 Å². The van der Waals surface area contributed by atoms with Gasteiger partial charge in [0.2, 0.25) is 0 Å². The number of benzene rings is 1. The van der Waals surface area contributed by atoms with E-state index in [0.29, 0.717) is 17.7 Å². The number of carbonyl (C=O) groups excluding carboxylic acids is 2. The Balaban J connectivity index is 2.20. The number of ketones is 1. The summed E-state index contributed by atoms with van der Waals surface area (Å²) in [5.74, 6) is -1.43. The Morgan fingerprint density at radius 3 is 2.78 bits per heavy atom. The molecule has 1 amide bonds. The van der Waals surface area contributed by atoms with Gasteiger partial charge in [0.15, 0.2) is 5.78 Å². The van der Waals surface area contributed by atoms with E-state index in [9.17, 15) is 14.4 Å². The van der Waals surface area contributed by atoms with Gasteiger partial charge in [-0.15, -0.1) is 0 Å². The van der Waals surface area contributed by atoms with Crippen LogP contribution in [0.5, 0.6) is 0 Å². The highest BCUT2D eigenvalue weighted by Crippen LogP contribution is 2.17. The first-order chi connectivity index (χ1) is 8.58. The molecule has 0 fully saturated rings. The smallest absolute Gasteiger partial charge is 0.303 e. The predicted octanol–water partition coefficient (Wildman–Crippen LogP) is 1.02. The SMILES string of the molecule is O=C(O)CCC(=O)c1ccc2c(c1)C(=O)NCC2. The van der Waals surface area contributed by atoms with Gasteiger partial charge in [-0.2, -0.15) is 0 Å². The van der Waals surface area contributed by atoms with Gasteiger partial charge in [0.1, 0.15) is 0 Å². The number of fused-ring (bicyclic) bond motifs is 1. The van der Waals surface area contributed by atoms with E-state index >= 15 is 0 Å². The summed E-state index contributed by atoms with van der Waals surface area (Å²) in [5.41, 5.74) is 1.84. The van der Waals surface area contributed by atoms with Crippen LogP contribution in [0.25, 0.3) is 0 Å². The quantitative estimate of drug-likeness (QED) is 0.778. The van der Waals surface area contributed by atoms with Gasteiger partial charge < -0.3 is 10.4 Å². The summed E-state index contributed by atoms with van der Waals surface area (Å²) < 4.78 is 0. The van der Waals surface area contributed by atoms with E-state index in [1.54, 1.807) is 18.2 Å². The van der Waals surface area contributed by atoms with Crippen molar-refractivity contribution in [3.8, 4) is 0 Å². The molecule has 0 saturated carbocycles. The van der Waals surface area contributed by atoms with Gasteiger partial charge in [-0.25, -0.2) is 0 Å². The molecule has 5 heteroatoms. The molecule has 2 rings (SSSR count). The van der Waals surface area contributed by atoms with E-state index in [2.05, 4.69) is 5.32 Å². The van der Waals surface area contributed by atoms with Crippen LogP contribution in [0.3, 0.4) is 0 Å². The zero-order chi connectivity index (χ0) is 13.1. The summed E-state index contributed by atoms with van der Waals surface area (Å²) in [7, 11) is 0. The van der Waals surface area contributed by atoms with Crippen LogP contribution < -0.4 is 5.32 Å². The normalized spacial score (nSPS) is 13.7. The molecule has 0 radical (unpaired) electrons. The van der Waals surface area contributed by atoms with Crippen molar-refractivity contribution in [3.05, 3.63) is 34.9 Å². The van der Waals surface area contributed by atoms with E-state index in [1.807, 2.05) is 0 Å². The predicted molar refractivity (Wildman–Crippen MR) is 63.7 cm³/mol. The number of carbonyl (C=O) groups is 3. The van der Waals surface area contributed by atoms with Crippen LogP contribution in [0.4, 0.5) is 0 Å². The third-order valence-electron chi connectivity index (χ3n) is 2.92. The summed E-state index contributed by atoms with van der Waals surface area (Å²) >= 11 is 0. The number of Topliss-reactive ketones (excluding diaryl/α,β-unsaturated/α-hetero) is 1. The molecule has 0 bridgehead atoms. The second-order valence-electron chi connectivity index (χ2n) is 4.19. The fourth-order valence-corrected chi connectivity index (χ4v) is 1.95. The first-order valence-corrected chi connectivity index (χ1v) is 5.74. The van der Waals surface area contributed by atoms with E-state index in [4.69, 9.17) is 5.11 Å². The number of carboxylic acids is 1. The molecular weight excluding hydrogens is 234 g/mol. The molecule has 2 N–H and O–H groups in total. The first kappa shape index (κ1) is 12.3. The summed E-state index contributed by atoms with van der Waals surface area (Å²) in [6.07, 6.45) is 0.516. The molecule has 0 spiro atoms. The van der Waals surface area contributed by atoms with Crippen LogP contribution in [0.15, 0.2) is 18.2 Å². The molecule has 0 unspecified atom stereocenters. The monoisotopic (exact) mass is 247 g/mol. The highest BCUT2D eigenvalue weighted by molar-refractivity contribution is 6.02. The Bertz CT molecular complexity index is 522. The Morgan fingerprint density at radius 2 is 2.06 bits per heavy atom. The molecule has 1 heterocycles. The fourth-order valence-electron chi connectivity index (χ4n) is 1.95. The summed E-state index contributed by atoms with van der Waals surface area (Å²) in [6.45, 7) is 0.609. The van der Waals surface area contributed by atoms with Gasteiger partial charge in [-0.1, -0.05) is 12.1 Å². The van der Waals surface area contributed by atoms with E-state index in [-0.39, 0.29) is 24.5 Å². The number of amides is 1. The molecule has 1 aromatic carbocycles. The molecule has 0 aliphatic carbocycles. The van der Waals surface area contributed by atoms with Crippen molar-refractivity contribution in [2.24, 2.45) is 0 Å². The van der Waals surface area contributed by atoms with Crippen molar-refractivity contribution in [1.29, 1.82) is 0 Å². The minimum absolute atomic E-state index is 0.0459. The van der Waals surface area contributed by atoms with Crippen LogP contribution >= 0.6 is 0 Å². The lowest BCUT2D eigenvalue weighted by atomic mass is 9.95. The average molecular weight is 247 g/mol. The van der Waals surface area contributed by atoms with Gasteiger partial charge in [-0.3, -0.25) is 14.4 Å². The zero-order valence-corrected chi connectivity index (χ0v) is 9.73. The number of nitrogens with one attached hydrogen (secondary N) is 1. The Morgan fingerprint density at radius 1 is 1.28 bits per heavy atom. The van der Waals surface area contributed by atoms with Crippen molar-refractivity contribution >= 4 is 17.7 Å². The lowest BCUT2D eigenvalue weighted by Gasteiger charge is -2.16. The average Bonchev–Trinajstić information content (AvgIpc) is 2.36. The van der Waals surface area contributed by atoms with E-state index in [0.717, 1.165) is 12.0 Å². The maximum Gasteiger partial charge on any atom is 0.303 e. The molecule has 1 aliphatic rings. The number of rotatable bonds is 4. The molecule has 0 saturated heterocycles. The van der Waals surface area contributed by atoms with Crippen LogP contribution in [-0.2, 0) is 11.2 Å². The topological polar surface area (TPSA) is 83.5 Å². The molecule has 94 valence electrons. The largest absolute Gasteiger partial charge is 0.481 e. The van der Waals surface area contributed by atoms with Crippen LogP contribution in [0, 0.1) is 0 Å². The molecule has 1 aliphatic heterocycles. The molecular formula is C13H13NO4.